The molecule has 2 N–H and O–H groups in total. The van der Waals surface area contributed by atoms with Gasteiger partial charge in [-0.3, -0.25) is 9.59 Å². The fourth-order valence-corrected chi connectivity index (χ4v) is 2.40. The first-order valence-electron chi connectivity index (χ1n) is 7.30. The van der Waals surface area contributed by atoms with E-state index in [2.05, 4.69) is 5.32 Å². The molecule has 10 heteroatoms. The number of benzene rings is 2. The van der Waals surface area contributed by atoms with Crippen LogP contribution in [0.3, 0.4) is 0 Å². The summed E-state index contributed by atoms with van der Waals surface area (Å²) >= 11 is 0. The summed E-state index contributed by atoms with van der Waals surface area (Å²) in [6.07, 6.45) is -3.74. The predicted molar refractivity (Wildman–Crippen MR) is 83.7 cm³/mol. The maximum atomic E-state index is 13.4. The van der Waals surface area contributed by atoms with E-state index < -0.39 is 40.9 Å². The van der Waals surface area contributed by atoms with Crippen molar-refractivity contribution in [2.24, 2.45) is 0 Å². The zero-order chi connectivity index (χ0) is 19.9. The van der Waals surface area contributed by atoms with Gasteiger partial charge in [0, 0.05) is 23.9 Å². The molecule has 0 fully saturated rings. The number of amides is 2. The van der Waals surface area contributed by atoms with Crippen molar-refractivity contribution in [3.05, 3.63) is 65.4 Å². The highest BCUT2D eigenvalue weighted by Crippen LogP contribution is 2.32. The number of halogens is 5. The summed E-state index contributed by atoms with van der Waals surface area (Å²) in [5, 5.41) is 11.4. The number of anilines is 2. The summed E-state index contributed by atoms with van der Waals surface area (Å²) in [5.41, 5.74) is -1.64. The third-order valence-electron chi connectivity index (χ3n) is 3.67. The van der Waals surface area contributed by atoms with Crippen LogP contribution in [0.1, 0.15) is 5.56 Å². The number of nitrogens with one attached hydrogen (secondary N) is 1. The number of hydrogen-bond acceptors (Lipinski definition) is 4. The topological polar surface area (TPSA) is 69.6 Å². The van der Waals surface area contributed by atoms with Gasteiger partial charge in [-0.15, -0.1) is 0 Å². The molecule has 0 unspecified atom stereocenters. The standard InChI is InChI=1S/C17H9F5N2O3/c18-11-5-9(6-12(19)15(11)26)23-13-7-14(25)24(16(13)27)10-3-1-8(2-4-10)17(20,21)22/h1-7,23,26H. The molecule has 1 aliphatic rings. The number of aromatic hydroxyl groups is 1. The Morgan fingerprint density at radius 1 is 0.963 bits per heavy atom. The molecule has 0 spiro atoms. The molecule has 3 rings (SSSR count). The van der Waals surface area contributed by atoms with E-state index in [0.717, 1.165) is 18.2 Å². The Morgan fingerprint density at radius 2 is 1.52 bits per heavy atom. The number of carbonyl (C=O) groups is 2. The van der Waals surface area contributed by atoms with Crippen molar-refractivity contribution in [2.45, 2.75) is 6.18 Å². The molecule has 0 radical (unpaired) electrons. The molecular formula is C17H9F5N2O3. The van der Waals surface area contributed by atoms with Gasteiger partial charge in [-0.25, -0.2) is 13.7 Å². The quantitative estimate of drug-likeness (QED) is 0.482. The SMILES string of the molecule is O=C1C=C(Nc2cc(F)c(O)c(F)c2)C(=O)N1c1ccc(C(F)(F)F)cc1. The zero-order valence-electron chi connectivity index (χ0n) is 13.1. The molecular weight excluding hydrogens is 375 g/mol. The summed E-state index contributed by atoms with van der Waals surface area (Å²) in [6, 6.07) is 4.75. The minimum absolute atomic E-state index is 0.103. The van der Waals surface area contributed by atoms with E-state index >= 15 is 0 Å². The lowest BCUT2D eigenvalue weighted by atomic mass is 10.2. The average molecular weight is 384 g/mol. The molecule has 0 saturated heterocycles. The first-order valence-corrected chi connectivity index (χ1v) is 7.30. The molecule has 0 atom stereocenters. The normalized spacial score (nSPS) is 14.6. The van der Waals surface area contributed by atoms with E-state index in [0.29, 0.717) is 29.2 Å². The third-order valence-corrected chi connectivity index (χ3v) is 3.67. The van der Waals surface area contributed by atoms with Gasteiger partial charge in [-0.05, 0) is 24.3 Å². The molecule has 2 aromatic carbocycles. The van der Waals surface area contributed by atoms with Crippen LogP contribution in [0.15, 0.2) is 48.2 Å². The van der Waals surface area contributed by atoms with E-state index in [1.807, 2.05) is 0 Å². The Kier molecular flexibility index (Phi) is 4.34. The van der Waals surface area contributed by atoms with Crippen LogP contribution in [0.2, 0.25) is 0 Å². The lowest BCUT2D eigenvalue weighted by Crippen LogP contribution is -2.32. The smallest absolute Gasteiger partial charge is 0.416 e. The minimum Gasteiger partial charge on any atom is -0.503 e. The Hall–Kier alpha value is -3.43. The summed E-state index contributed by atoms with van der Waals surface area (Å²) < 4.78 is 64.5. The molecule has 0 aliphatic carbocycles. The lowest BCUT2D eigenvalue weighted by molar-refractivity contribution is -0.137. The van der Waals surface area contributed by atoms with Crippen molar-refractivity contribution >= 4 is 23.2 Å². The number of hydrogen-bond donors (Lipinski definition) is 2. The molecule has 1 aliphatic heterocycles. The molecule has 0 bridgehead atoms. The van der Waals surface area contributed by atoms with Crippen LogP contribution in [0.5, 0.6) is 5.75 Å². The van der Waals surface area contributed by atoms with Crippen molar-refractivity contribution < 1.29 is 36.6 Å². The highest BCUT2D eigenvalue weighted by atomic mass is 19.4. The van der Waals surface area contributed by atoms with Gasteiger partial charge >= 0.3 is 6.18 Å². The van der Waals surface area contributed by atoms with Gasteiger partial charge in [0.2, 0.25) is 0 Å². The maximum absolute atomic E-state index is 13.4. The summed E-state index contributed by atoms with van der Waals surface area (Å²) in [6.45, 7) is 0. The molecule has 140 valence electrons. The van der Waals surface area contributed by atoms with Crippen LogP contribution < -0.4 is 10.2 Å². The van der Waals surface area contributed by atoms with Crippen LogP contribution in [0.25, 0.3) is 0 Å². The van der Waals surface area contributed by atoms with Gasteiger partial charge < -0.3 is 10.4 Å². The molecule has 1 heterocycles. The van der Waals surface area contributed by atoms with Gasteiger partial charge in [0.25, 0.3) is 11.8 Å². The molecule has 0 saturated carbocycles. The number of imide groups is 1. The second kappa shape index (κ2) is 6.38. The van der Waals surface area contributed by atoms with Gasteiger partial charge in [-0.2, -0.15) is 13.2 Å². The molecule has 2 aromatic rings. The first kappa shape index (κ1) is 18.4. The van der Waals surface area contributed by atoms with E-state index in [-0.39, 0.29) is 17.1 Å². The van der Waals surface area contributed by atoms with Crippen molar-refractivity contribution in [2.75, 3.05) is 10.2 Å². The highest BCUT2D eigenvalue weighted by Gasteiger charge is 2.34. The Morgan fingerprint density at radius 3 is 2.04 bits per heavy atom. The Labute approximate surface area is 148 Å². The molecule has 2 amide bonds. The molecule has 27 heavy (non-hydrogen) atoms. The van der Waals surface area contributed by atoms with E-state index in [4.69, 9.17) is 5.11 Å². The van der Waals surface area contributed by atoms with E-state index in [1.54, 1.807) is 0 Å². The number of rotatable bonds is 3. The molecule has 5 nitrogen and oxygen atoms in total. The third kappa shape index (κ3) is 3.46. The minimum atomic E-state index is -4.57. The van der Waals surface area contributed by atoms with Crippen LogP contribution in [0, 0.1) is 11.6 Å². The van der Waals surface area contributed by atoms with Gasteiger partial charge in [0.05, 0.1) is 11.3 Å². The first-order chi connectivity index (χ1) is 12.6. The predicted octanol–water partition coefficient (Wildman–Crippen LogP) is 3.56. The fourth-order valence-electron chi connectivity index (χ4n) is 2.40. The zero-order valence-corrected chi connectivity index (χ0v) is 13.1. The van der Waals surface area contributed by atoms with E-state index in [9.17, 15) is 31.5 Å². The second-order valence-electron chi connectivity index (χ2n) is 5.49. The monoisotopic (exact) mass is 384 g/mol. The van der Waals surface area contributed by atoms with Crippen molar-refractivity contribution in [3.63, 3.8) is 0 Å². The number of phenolic OH excluding ortho intramolecular Hbond substituents is 1. The second-order valence-corrected chi connectivity index (χ2v) is 5.49. The summed E-state index contributed by atoms with van der Waals surface area (Å²) in [5.74, 6) is -5.53. The maximum Gasteiger partial charge on any atom is 0.416 e. The summed E-state index contributed by atoms with van der Waals surface area (Å²) in [4.78, 5) is 25.0. The van der Waals surface area contributed by atoms with Crippen molar-refractivity contribution in [3.8, 4) is 5.75 Å². The highest BCUT2D eigenvalue weighted by molar-refractivity contribution is 6.31. The van der Waals surface area contributed by atoms with Gasteiger partial charge in [-0.1, -0.05) is 0 Å². The Balaban J connectivity index is 1.83. The van der Waals surface area contributed by atoms with Crippen molar-refractivity contribution in [1.29, 1.82) is 0 Å². The largest absolute Gasteiger partial charge is 0.503 e. The number of alkyl halides is 3. The fraction of sp³-hybridized carbons (Fsp3) is 0.0588. The van der Waals surface area contributed by atoms with Crippen molar-refractivity contribution in [1.82, 2.24) is 0 Å². The van der Waals surface area contributed by atoms with Crippen LogP contribution in [-0.2, 0) is 15.8 Å². The summed E-state index contributed by atoms with van der Waals surface area (Å²) in [7, 11) is 0. The van der Waals surface area contributed by atoms with Gasteiger partial charge in [0.15, 0.2) is 17.4 Å². The van der Waals surface area contributed by atoms with Gasteiger partial charge in [0.1, 0.15) is 5.70 Å². The van der Waals surface area contributed by atoms with E-state index in [1.165, 1.54) is 0 Å². The number of phenols is 1. The number of carbonyl (C=O) groups excluding carboxylic acids is 2. The average Bonchev–Trinajstić information content (AvgIpc) is 2.85. The lowest BCUT2D eigenvalue weighted by Gasteiger charge is -2.16. The van der Waals surface area contributed by atoms with Crippen LogP contribution in [0.4, 0.5) is 33.3 Å². The van der Waals surface area contributed by atoms with Crippen LogP contribution in [-0.4, -0.2) is 16.9 Å². The van der Waals surface area contributed by atoms with Crippen LogP contribution >= 0.6 is 0 Å². The Bertz CT molecular complexity index is 945. The molecule has 0 aromatic heterocycles. The number of nitrogens with zero attached hydrogens (tertiary/aromatic N) is 1.